The third-order valence-electron chi connectivity index (χ3n) is 4.21. The van der Waals surface area contributed by atoms with Crippen molar-refractivity contribution in [2.24, 2.45) is 0 Å². The second-order valence-electron chi connectivity index (χ2n) is 6.11. The summed E-state index contributed by atoms with van der Waals surface area (Å²) in [4.78, 5) is 9.40. The molecule has 4 heteroatoms. The van der Waals surface area contributed by atoms with Gasteiger partial charge in [0.25, 0.3) is 0 Å². The highest BCUT2D eigenvalue weighted by atomic mass is 16.3. The highest BCUT2D eigenvalue weighted by molar-refractivity contribution is 5.57. The van der Waals surface area contributed by atoms with Gasteiger partial charge in [0.1, 0.15) is 5.76 Å². The summed E-state index contributed by atoms with van der Waals surface area (Å²) in [5.41, 5.74) is 4.40. The lowest BCUT2D eigenvalue weighted by atomic mass is 9.97. The number of nitrogens with one attached hydrogen (secondary N) is 1. The van der Waals surface area contributed by atoms with E-state index in [0.29, 0.717) is 5.92 Å². The van der Waals surface area contributed by atoms with E-state index < -0.39 is 0 Å². The maximum atomic E-state index is 5.36. The van der Waals surface area contributed by atoms with Crippen molar-refractivity contribution in [2.75, 3.05) is 6.54 Å². The molecule has 1 unspecified atom stereocenters. The molecule has 1 N–H and O–H groups in total. The fraction of sp³-hybridized carbons (Fsp3) is 0.529. The number of rotatable bonds is 5. The first-order chi connectivity index (χ1) is 10.1. The van der Waals surface area contributed by atoms with E-state index in [-0.39, 0.29) is 0 Å². The van der Waals surface area contributed by atoms with Gasteiger partial charge < -0.3 is 9.73 Å². The summed E-state index contributed by atoms with van der Waals surface area (Å²) in [5.74, 6) is 2.07. The molecule has 1 saturated carbocycles. The van der Waals surface area contributed by atoms with Gasteiger partial charge in [-0.05, 0) is 51.2 Å². The van der Waals surface area contributed by atoms with Gasteiger partial charge in [-0.3, -0.25) is 0 Å². The van der Waals surface area contributed by atoms with Crippen molar-refractivity contribution in [3.8, 4) is 11.4 Å². The molecular formula is C17H23N3O. The summed E-state index contributed by atoms with van der Waals surface area (Å²) >= 11 is 0. The number of nitrogens with zero attached hydrogens (tertiary/aromatic N) is 2. The molecule has 0 spiro atoms. The third kappa shape index (κ3) is 3.00. The van der Waals surface area contributed by atoms with Gasteiger partial charge in [-0.15, -0.1) is 0 Å². The van der Waals surface area contributed by atoms with Crippen LogP contribution >= 0.6 is 0 Å². The molecule has 0 amide bonds. The minimum atomic E-state index is 0.435. The Balaban J connectivity index is 1.86. The molecule has 0 aliphatic heterocycles. The van der Waals surface area contributed by atoms with Crippen LogP contribution in [-0.4, -0.2) is 22.6 Å². The Morgan fingerprint density at radius 2 is 1.90 bits per heavy atom. The molecular weight excluding hydrogens is 262 g/mol. The molecule has 112 valence electrons. The highest BCUT2D eigenvalue weighted by Gasteiger charge is 2.23. The fourth-order valence-electron chi connectivity index (χ4n) is 2.91. The molecule has 0 radical (unpaired) electrons. The van der Waals surface area contributed by atoms with Gasteiger partial charge in [-0.1, -0.05) is 6.92 Å². The Labute approximate surface area is 126 Å². The summed E-state index contributed by atoms with van der Waals surface area (Å²) in [6.07, 6.45) is 4.33. The molecule has 2 aromatic heterocycles. The molecule has 0 saturated heterocycles. The van der Waals surface area contributed by atoms with Crippen LogP contribution in [0.15, 0.2) is 16.7 Å². The second kappa shape index (κ2) is 5.60. The molecule has 0 aromatic carbocycles. The maximum Gasteiger partial charge on any atom is 0.163 e. The standard InChI is InChI=1S/C17H23N3O/c1-10(9-18-14-5-6-14)16-11(2)19-17(20-12(16)3)15-7-8-21-13(15)4/h7-8,10,14,18H,5-6,9H2,1-4H3. The van der Waals surface area contributed by atoms with Crippen molar-refractivity contribution in [1.82, 2.24) is 15.3 Å². The van der Waals surface area contributed by atoms with Crippen LogP contribution in [0.4, 0.5) is 0 Å². The Morgan fingerprint density at radius 3 is 2.43 bits per heavy atom. The fourth-order valence-corrected chi connectivity index (χ4v) is 2.91. The minimum absolute atomic E-state index is 0.435. The second-order valence-corrected chi connectivity index (χ2v) is 6.11. The van der Waals surface area contributed by atoms with E-state index in [0.717, 1.165) is 41.1 Å². The molecule has 2 heterocycles. The van der Waals surface area contributed by atoms with Gasteiger partial charge >= 0.3 is 0 Å². The van der Waals surface area contributed by atoms with E-state index >= 15 is 0 Å². The van der Waals surface area contributed by atoms with E-state index in [9.17, 15) is 0 Å². The molecule has 4 nitrogen and oxygen atoms in total. The van der Waals surface area contributed by atoms with Crippen LogP contribution in [0, 0.1) is 20.8 Å². The third-order valence-corrected chi connectivity index (χ3v) is 4.21. The SMILES string of the molecule is Cc1nc(-c2ccoc2C)nc(C)c1C(C)CNC1CC1. The predicted octanol–water partition coefficient (Wildman–Crippen LogP) is 3.52. The molecule has 1 atom stereocenters. The van der Waals surface area contributed by atoms with Gasteiger partial charge in [-0.25, -0.2) is 9.97 Å². The first-order valence-electron chi connectivity index (χ1n) is 7.69. The average Bonchev–Trinajstić information content (AvgIpc) is 3.16. The van der Waals surface area contributed by atoms with Crippen LogP contribution in [0.5, 0.6) is 0 Å². The van der Waals surface area contributed by atoms with Crippen molar-refractivity contribution in [3.63, 3.8) is 0 Å². The number of hydrogen-bond acceptors (Lipinski definition) is 4. The molecule has 1 fully saturated rings. The van der Waals surface area contributed by atoms with E-state index in [4.69, 9.17) is 14.4 Å². The Morgan fingerprint density at radius 1 is 1.24 bits per heavy atom. The Bertz CT molecular complexity index is 620. The first kappa shape index (κ1) is 14.3. The molecule has 0 bridgehead atoms. The number of furan rings is 1. The lowest BCUT2D eigenvalue weighted by molar-refractivity contribution is 0.535. The van der Waals surface area contributed by atoms with E-state index in [1.54, 1.807) is 6.26 Å². The average molecular weight is 285 g/mol. The Hall–Kier alpha value is -1.68. The summed E-state index contributed by atoms with van der Waals surface area (Å²) in [6, 6.07) is 2.67. The van der Waals surface area contributed by atoms with Gasteiger partial charge in [0.2, 0.25) is 0 Å². The molecule has 2 aromatic rings. The zero-order valence-electron chi connectivity index (χ0n) is 13.2. The van der Waals surface area contributed by atoms with Gasteiger partial charge in [0.05, 0.1) is 11.8 Å². The lowest BCUT2D eigenvalue weighted by Crippen LogP contribution is -2.23. The maximum absolute atomic E-state index is 5.36. The number of hydrogen-bond donors (Lipinski definition) is 1. The first-order valence-corrected chi connectivity index (χ1v) is 7.69. The van der Waals surface area contributed by atoms with Crippen molar-refractivity contribution in [3.05, 3.63) is 35.0 Å². The molecule has 1 aliphatic carbocycles. The predicted molar refractivity (Wildman–Crippen MR) is 83.4 cm³/mol. The topological polar surface area (TPSA) is 51.0 Å². The smallest absolute Gasteiger partial charge is 0.163 e. The summed E-state index contributed by atoms with van der Waals surface area (Å²) < 4.78 is 5.36. The number of aromatic nitrogens is 2. The van der Waals surface area contributed by atoms with Crippen molar-refractivity contribution >= 4 is 0 Å². The van der Waals surface area contributed by atoms with Crippen LogP contribution in [0.1, 0.15) is 48.4 Å². The van der Waals surface area contributed by atoms with Crippen LogP contribution < -0.4 is 5.32 Å². The van der Waals surface area contributed by atoms with E-state index in [1.807, 2.05) is 13.0 Å². The molecule has 21 heavy (non-hydrogen) atoms. The van der Waals surface area contributed by atoms with Gasteiger partial charge in [0, 0.05) is 24.0 Å². The van der Waals surface area contributed by atoms with Crippen molar-refractivity contribution in [2.45, 2.75) is 52.5 Å². The quantitative estimate of drug-likeness (QED) is 0.913. The van der Waals surface area contributed by atoms with Crippen LogP contribution in [0.25, 0.3) is 11.4 Å². The molecule has 1 aliphatic rings. The van der Waals surface area contributed by atoms with Crippen molar-refractivity contribution in [1.29, 1.82) is 0 Å². The number of aryl methyl sites for hydroxylation is 3. The largest absolute Gasteiger partial charge is 0.469 e. The van der Waals surface area contributed by atoms with Crippen molar-refractivity contribution < 1.29 is 4.42 Å². The zero-order chi connectivity index (χ0) is 15.0. The zero-order valence-corrected chi connectivity index (χ0v) is 13.2. The highest BCUT2D eigenvalue weighted by Crippen LogP contribution is 2.27. The van der Waals surface area contributed by atoms with E-state index in [2.05, 4.69) is 26.1 Å². The monoisotopic (exact) mass is 285 g/mol. The van der Waals surface area contributed by atoms with Gasteiger partial charge in [0.15, 0.2) is 5.82 Å². The minimum Gasteiger partial charge on any atom is -0.469 e. The summed E-state index contributed by atoms with van der Waals surface area (Å²) in [5, 5.41) is 3.59. The normalized spacial score (nSPS) is 16.2. The van der Waals surface area contributed by atoms with Crippen LogP contribution in [0.3, 0.4) is 0 Å². The van der Waals surface area contributed by atoms with Crippen LogP contribution in [0.2, 0.25) is 0 Å². The molecule has 3 rings (SSSR count). The summed E-state index contributed by atoms with van der Waals surface area (Å²) in [7, 11) is 0. The van der Waals surface area contributed by atoms with E-state index in [1.165, 1.54) is 18.4 Å². The Kier molecular flexibility index (Phi) is 3.81. The summed E-state index contributed by atoms with van der Waals surface area (Å²) in [6.45, 7) is 9.35. The van der Waals surface area contributed by atoms with Gasteiger partial charge in [-0.2, -0.15) is 0 Å². The lowest BCUT2D eigenvalue weighted by Gasteiger charge is -2.18. The van der Waals surface area contributed by atoms with Crippen LogP contribution in [-0.2, 0) is 0 Å².